The van der Waals surface area contributed by atoms with Crippen LogP contribution in [0.15, 0.2) is 28.6 Å². The summed E-state index contributed by atoms with van der Waals surface area (Å²) in [6, 6.07) is 5.72. The van der Waals surface area contributed by atoms with Gasteiger partial charge in [0.25, 0.3) is 0 Å². The smallest absolute Gasteiger partial charge is 0.229 e. The average Bonchev–Trinajstić information content (AvgIpc) is 2.73. The van der Waals surface area contributed by atoms with Crippen LogP contribution < -0.4 is 5.32 Å². The van der Waals surface area contributed by atoms with E-state index in [-0.39, 0.29) is 11.7 Å². The summed E-state index contributed by atoms with van der Waals surface area (Å²) in [7, 11) is 0. The third kappa shape index (κ3) is 3.78. The van der Waals surface area contributed by atoms with E-state index in [0.717, 1.165) is 14.9 Å². The molecule has 3 nitrogen and oxygen atoms in total. The van der Waals surface area contributed by atoms with E-state index in [1.165, 1.54) is 23.5 Å². The van der Waals surface area contributed by atoms with Crippen molar-refractivity contribution in [1.82, 2.24) is 4.98 Å². The number of nitrogens with zero attached hydrogens (tertiary/aromatic N) is 1. The van der Waals surface area contributed by atoms with E-state index in [4.69, 9.17) is 0 Å². The Bertz CT molecular complexity index is 581. The molecule has 2 aromatic rings. The zero-order chi connectivity index (χ0) is 13.8. The van der Waals surface area contributed by atoms with Crippen LogP contribution in [0.25, 0.3) is 0 Å². The van der Waals surface area contributed by atoms with Crippen LogP contribution in [0.1, 0.15) is 10.6 Å². The lowest BCUT2D eigenvalue weighted by Gasteiger charge is -2.04. The number of rotatable bonds is 4. The monoisotopic (exact) mass is 296 g/mol. The van der Waals surface area contributed by atoms with Gasteiger partial charge in [0, 0.05) is 10.6 Å². The number of thiazole rings is 1. The summed E-state index contributed by atoms with van der Waals surface area (Å²) in [6.45, 7) is 1.90. The van der Waals surface area contributed by atoms with Crippen LogP contribution in [0.2, 0.25) is 0 Å². The second-order valence-electron chi connectivity index (χ2n) is 3.92. The van der Waals surface area contributed by atoms with Gasteiger partial charge in [-0.3, -0.25) is 4.79 Å². The van der Waals surface area contributed by atoms with Crippen molar-refractivity contribution in [2.75, 3.05) is 11.6 Å². The summed E-state index contributed by atoms with van der Waals surface area (Å²) in [5, 5.41) is 2.74. The highest BCUT2D eigenvalue weighted by Crippen LogP contribution is 2.25. The topological polar surface area (TPSA) is 42.0 Å². The molecule has 0 aliphatic carbocycles. The molecular weight excluding hydrogens is 283 g/mol. The van der Waals surface area contributed by atoms with Crippen molar-refractivity contribution < 1.29 is 9.18 Å². The number of benzene rings is 1. The number of hydrogen-bond donors (Lipinski definition) is 1. The molecule has 0 saturated carbocycles. The number of aryl methyl sites for hydroxylation is 1. The molecule has 0 bridgehead atoms. The molecule has 19 heavy (non-hydrogen) atoms. The first-order valence-electron chi connectivity index (χ1n) is 5.64. The lowest BCUT2D eigenvalue weighted by atomic mass is 10.2. The maximum atomic E-state index is 12.7. The van der Waals surface area contributed by atoms with Crippen LogP contribution in [0, 0.1) is 12.7 Å². The fraction of sp³-hybridized carbons (Fsp3) is 0.231. The molecule has 1 N–H and O–H groups in total. The maximum absolute atomic E-state index is 12.7. The molecule has 0 radical (unpaired) electrons. The van der Waals surface area contributed by atoms with Crippen molar-refractivity contribution in [2.24, 2.45) is 0 Å². The van der Waals surface area contributed by atoms with E-state index >= 15 is 0 Å². The minimum absolute atomic E-state index is 0.119. The summed E-state index contributed by atoms with van der Waals surface area (Å²) in [6.07, 6.45) is 2.25. The number of anilines is 1. The predicted octanol–water partition coefficient (Wildman–Crippen LogP) is 3.49. The number of nitrogens with one attached hydrogen (secondary N) is 1. The van der Waals surface area contributed by atoms with E-state index in [1.54, 1.807) is 23.9 Å². The molecule has 2 rings (SSSR count). The molecule has 1 aromatic heterocycles. The molecule has 0 aliphatic rings. The van der Waals surface area contributed by atoms with Crippen molar-refractivity contribution in [1.29, 1.82) is 0 Å². The molecule has 100 valence electrons. The Kier molecular flexibility index (Phi) is 4.55. The molecule has 0 saturated heterocycles. The second kappa shape index (κ2) is 6.16. The highest BCUT2D eigenvalue weighted by atomic mass is 32.2. The molecule has 1 amide bonds. The first-order chi connectivity index (χ1) is 9.08. The quantitative estimate of drug-likeness (QED) is 0.878. The highest BCUT2D eigenvalue weighted by molar-refractivity contribution is 8.00. The van der Waals surface area contributed by atoms with E-state index in [0.29, 0.717) is 12.1 Å². The van der Waals surface area contributed by atoms with Gasteiger partial charge in [0.1, 0.15) is 10.2 Å². The molecule has 1 aromatic carbocycles. The van der Waals surface area contributed by atoms with Gasteiger partial charge in [-0.25, -0.2) is 9.37 Å². The number of amides is 1. The Morgan fingerprint density at radius 1 is 1.42 bits per heavy atom. The summed E-state index contributed by atoms with van der Waals surface area (Å²) in [5.41, 5.74) is 1.49. The summed E-state index contributed by atoms with van der Waals surface area (Å²) < 4.78 is 13.7. The van der Waals surface area contributed by atoms with Crippen molar-refractivity contribution in [3.05, 3.63) is 40.7 Å². The van der Waals surface area contributed by atoms with Crippen LogP contribution in [0.3, 0.4) is 0 Å². The van der Waals surface area contributed by atoms with Gasteiger partial charge < -0.3 is 5.32 Å². The number of carbonyl (C=O) groups excluding carboxylic acids is 1. The SMILES string of the molecule is CSc1nc(C)c(CC(=O)Nc2ccc(F)cc2)s1. The van der Waals surface area contributed by atoms with Crippen molar-refractivity contribution >= 4 is 34.7 Å². The van der Waals surface area contributed by atoms with E-state index < -0.39 is 0 Å². The van der Waals surface area contributed by atoms with Crippen LogP contribution >= 0.6 is 23.1 Å². The summed E-state index contributed by atoms with van der Waals surface area (Å²) in [5.74, 6) is -0.438. The van der Waals surface area contributed by atoms with Crippen LogP contribution in [-0.2, 0) is 11.2 Å². The minimum atomic E-state index is -0.319. The summed E-state index contributed by atoms with van der Waals surface area (Å²) in [4.78, 5) is 17.2. The predicted molar refractivity (Wildman–Crippen MR) is 77.4 cm³/mol. The van der Waals surface area contributed by atoms with Gasteiger partial charge in [-0.1, -0.05) is 11.8 Å². The zero-order valence-corrected chi connectivity index (χ0v) is 12.2. The first kappa shape index (κ1) is 14.0. The van der Waals surface area contributed by atoms with E-state index in [9.17, 15) is 9.18 Å². The van der Waals surface area contributed by atoms with Gasteiger partial charge in [-0.15, -0.1) is 11.3 Å². The zero-order valence-electron chi connectivity index (χ0n) is 10.6. The third-order valence-corrected chi connectivity index (χ3v) is 4.64. The third-order valence-electron chi connectivity index (χ3n) is 2.50. The van der Waals surface area contributed by atoms with E-state index in [1.807, 2.05) is 13.2 Å². The van der Waals surface area contributed by atoms with Crippen molar-refractivity contribution in [3.8, 4) is 0 Å². The average molecular weight is 296 g/mol. The Morgan fingerprint density at radius 3 is 2.68 bits per heavy atom. The van der Waals surface area contributed by atoms with Gasteiger partial charge in [0.15, 0.2) is 0 Å². The first-order valence-corrected chi connectivity index (χ1v) is 7.68. The van der Waals surface area contributed by atoms with Gasteiger partial charge in [0.2, 0.25) is 5.91 Å². The molecule has 0 fully saturated rings. The normalized spacial score (nSPS) is 10.5. The molecule has 0 aliphatic heterocycles. The second-order valence-corrected chi connectivity index (χ2v) is 6.06. The summed E-state index contributed by atoms with van der Waals surface area (Å²) >= 11 is 3.10. The molecule has 1 heterocycles. The molecular formula is C13H13FN2OS2. The Morgan fingerprint density at radius 2 is 2.11 bits per heavy atom. The lowest BCUT2D eigenvalue weighted by molar-refractivity contribution is -0.115. The largest absolute Gasteiger partial charge is 0.326 e. The van der Waals surface area contributed by atoms with Crippen LogP contribution in [0.4, 0.5) is 10.1 Å². The minimum Gasteiger partial charge on any atom is -0.326 e. The van der Waals surface area contributed by atoms with Gasteiger partial charge >= 0.3 is 0 Å². The highest BCUT2D eigenvalue weighted by Gasteiger charge is 2.11. The molecule has 0 atom stereocenters. The number of hydrogen-bond acceptors (Lipinski definition) is 4. The number of carbonyl (C=O) groups is 1. The fourth-order valence-corrected chi connectivity index (χ4v) is 3.19. The number of thioether (sulfide) groups is 1. The lowest BCUT2D eigenvalue weighted by Crippen LogP contribution is -2.14. The van der Waals surface area contributed by atoms with Gasteiger partial charge in [-0.2, -0.15) is 0 Å². The van der Waals surface area contributed by atoms with Crippen molar-refractivity contribution in [2.45, 2.75) is 17.7 Å². The standard InChI is InChI=1S/C13H13FN2OS2/c1-8-11(19-13(15-8)18-2)7-12(17)16-10-5-3-9(14)4-6-10/h3-6H,7H2,1-2H3,(H,16,17). The fourth-order valence-electron chi connectivity index (χ4n) is 1.54. The van der Waals surface area contributed by atoms with Crippen molar-refractivity contribution in [3.63, 3.8) is 0 Å². The number of halogens is 1. The number of aromatic nitrogens is 1. The maximum Gasteiger partial charge on any atom is 0.229 e. The van der Waals surface area contributed by atoms with Gasteiger partial charge in [0.05, 0.1) is 12.1 Å². The van der Waals surface area contributed by atoms with Crippen LogP contribution in [0.5, 0.6) is 0 Å². The molecule has 0 spiro atoms. The van der Waals surface area contributed by atoms with Gasteiger partial charge in [-0.05, 0) is 37.4 Å². The molecule has 0 unspecified atom stereocenters. The molecule has 6 heteroatoms. The Hall–Kier alpha value is -1.40. The Labute approximate surface area is 119 Å². The van der Waals surface area contributed by atoms with E-state index in [2.05, 4.69) is 10.3 Å². The Balaban J connectivity index is 2.00. The van der Waals surface area contributed by atoms with Crippen LogP contribution in [-0.4, -0.2) is 17.1 Å².